The fourth-order valence-electron chi connectivity index (χ4n) is 2.99. The summed E-state index contributed by atoms with van der Waals surface area (Å²) < 4.78 is 25.0. The van der Waals surface area contributed by atoms with E-state index in [-0.39, 0.29) is 29.2 Å². The minimum Gasteiger partial charge on any atom is -0.338 e. The average Bonchev–Trinajstić information content (AvgIpc) is 3.21. The molecular weight excluding hydrogens is 374 g/mol. The summed E-state index contributed by atoms with van der Waals surface area (Å²) in [5.41, 5.74) is 1.96. The number of sulfone groups is 1. The van der Waals surface area contributed by atoms with Crippen molar-refractivity contribution in [3.05, 3.63) is 29.8 Å². The van der Waals surface area contributed by atoms with Crippen molar-refractivity contribution in [2.75, 3.05) is 23.8 Å². The van der Waals surface area contributed by atoms with Crippen LogP contribution in [0.1, 0.15) is 18.9 Å². The van der Waals surface area contributed by atoms with Gasteiger partial charge in [0.25, 0.3) is 0 Å². The maximum Gasteiger partial charge on any atom is 0.233 e. The molecule has 2 heterocycles. The van der Waals surface area contributed by atoms with Gasteiger partial charge in [0.15, 0.2) is 9.84 Å². The molecular formula is C16H21N5O3S2. The summed E-state index contributed by atoms with van der Waals surface area (Å²) in [4.78, 5) is 14.2. The van der Waals surface area contributed by atoms with E-state index in [1.807, 2.05) is 38.1 Å². The summed E-state index contributed by atoms with van der Waals surface area (Å²) in [5.74, 6) is 0.271. The fraction of sp³-hybridized carbons (Fsp3) is 0.500. The molecule has 1 saturated heterocycles. The largest absolute Gasteiger partial charge is 0.338 e. The second-order valence-corrected chi connectivity index (χ2v) is 9.41. The number of rotatable bonds is 6. The minimum atomic E-state index is -3.03. The standard InChI is InChI=1S/C16H21N5O3S2/c1-3-20(14-8-9-26(23,24)11-14)15(22)10-25-16-17-18-19-21(16)13-6-4-12(2)5-7-13/h4-7,14H,3,8-11H2,1-2H3/t14-/m1/s1. The van der Waals surface area contributed by atoms with Crippen molar-refractivity contribution in [1.29, 1.82) is 0 Å². The maximum absolute atomic E-state index is 12.6. The third-order valence-electron chi connectivity index (χ3n) is 4.35. The van der Waals surface area contributed by atoms with Gasteiger partial charge >= 0.3 is 0 Å². The molecule has 26 heavy (non-hydrogen) atoms. The first-order valence-corrected chi connectivity index (χ1v) is 11.2. The number of hydrogen-bond donors (Lipinski definition) is 0. The lowest BCUT2D eigenvalue weighted by Gasteiger charge is -2.26. The van der Waals surface area contributed by atoms with E-state index < -0.39 is 9.84 Å². The lowest BCUT2D eigenvalue weighted by atomic mass is 10.2. The van der Waals surface area contributed by atoms with Gasteiger partial charge in [-0.25, -0.2) is 8.42 Å². The van der Waals surface area contributed by atoms with Gasteiger partial charge in [0.2, 0.25) is 11.1 Å². The quantitative estimate of drug-likeness (QED) is 0.676. The molecule has 10 heteroatoms. The van der Waals surface area contributed by atoms with Crippen LogP contribution in [-0.2, 0) is 14.6 Å². The van der Waals surface area contributed by atoms with Crippen LogP contribution in [0, 0.1) is 6.92 Å². The number of thioether (sulfide) groups is 1. The van der Waals surface area contributed by atoms with E-state index in [9.17, 15) is 13.2 Å². The monoisotopic (exact) mass is 395 g/mol. The molecule has 1 aromatic carbocycles. The summed E-state index contributed by atoms with van der Waals surface area (Å²) in [6.45, 7) is 4.35. The molecule has 3 rings (SSSR count). The number of carbonyl (C=O) groups excluding carboxylic acids is 1. The number of aromatic nitrogens is 4. The summed E-state index contributed by atoms with van der Waals surface area (Å²) in [6.07, 6.45) is 0.508. The van der Waals surface area contributed by atoms with Gasteiger partial charge in [-0.3, -0.25) is 4.79 Å². The molecule has 0 bridgehead atoms. The van der Waals surface area contributed by atoms with Gasteiger partial charge in [-0.05, 0) is 42.8 Å². The van der Waals surface area contributed by atoms with Gasteiger partial charge in [0.1, 0.15) is 0 Å². The van der Waals surface area contributed by atoms with Crippen LogP contribution in [0.4, 0.5) is 0 Å². The first-order chi connectivity index (χ1) is 12.4. The van der Waals surface area contributed by atoms with Gasteiger partial charge in [0, 0.05) is 12.6 Å². The zero-order valence-electron chi connectivity index (χ0n) is 14.7. The number of tetrazole rings is 1. The van der Waals surface area contributed by atoms with Crippen LogP contribution in [0.5, 0.6) is 0 Å². The molecule has 1 aliphatic rings. The summed E-state index contributed by atoms with van der Waals surface area (Å²) in [5, 5.41) is 12.2. The number of nitrogens with zero attached hydrogens (tertiary/aromatic N) is 5. The Hall–Kier alpha value is -1.94. The smallest absolute Gasteiger partial charge is 0.233 e. The molecule has 1 amide bonds. The van der Waals surface area contributed by atoms with E-state index >= 15 is 0 Å². The van der Waals surface area contributed by atoms with Crippen molar-refractivity contribution in [2.45, 2.75) is 31.5 Å². The SMILES string of the molecule is CCN(C(=O)CSc1nnnn1-c1ccc(C)cc1)[C@@H]1CCS(=O)(=O)C1. The zero-order chi connectivity index (χ0) is 18.7. The third-order valence-corrected chi connectivity index (χ3v) is 7.01. The number of carbonyl (C=O) groups is 1. The normalized spacial score (nSPS) is 18.8. The maximum atomic E-state index is 12.6. The summed E-state index contributed by atoms with van der Waals surface area (Å²) in [7, 11) is -3.03. The molecule has 1 aromatic heterocycles. The Labute approximate surface area is 156 Å². The van der Waals surface area contributed by atoms with Gasteiger partial charge in [-0.1, -0.05) is 29.5 Å². The Morgan fingerprint density at radius 3 is 2.69 bits per heavy atom. The van der Waals surface area contributed by atoms with E-state index in [4.69, 9.17) is 0 Å². The van der Waals surface area contributed by atoms with Crippen LogP contribution in [0.25, 0.3) is 5.69 Å². The van der Waals surface area contributed by atoms with Crippen LogP contribution in [0.2, 0.25) is 0 Å². The predicted molar refractivity (Wildman–Crippen MR) is 99.1 cm³/mol. The van der Waals surface area contributed by atoms with Gasteiger partial charge in [-0.2, -0.15) is 4.68 Å². The Kier molecular flexibility index (Phi) is 5.61. The highest BCUT2D eigenvalue weighted by molar-refractivity contribution is 7.99. The second-order valence-electron chi connectivity index (χ2n) is 6.23. The van der Waals surface area contributed by atoms with E-state index in [0.717, 1.165) is 11.3 Å². The lowest BCUT2D eigenvalue weighted by molar-refractivity contribution is -0.129. The molecule has 1 fully saturated rings. The van der Waals surface area contributed by atoms with Crippen LogP contribution in [-0.4, -0.2) is 69.3 Å². The molecule has 2 aromatic rings. The molecule has 1 aliphatic heterocycles. The molecule has 0 N–H and O–H groups in total. The van der Waals surface area contributed by atoms with Crippen molar-refractivity contribution >= 4 is 27.5 Å². The molecule has 0 aliphatic carbocycles. The van der Waals surface area contributed by atoms with E-state index in [1.54, 1.807) is 9.58 Å². The number of aryl methyl sites for hydroxylation is 1. The number of hydrogen-bond acceptors (Lipinski definition) is 7. The Balaban J connectivity index is 1.66. The summed E-state index contributed by atoms with van der Waals surface area (Å²) >= 11 is 1.25. The van der Waals surface area contributed by atoms with Crippen molar-refractivity contribution in [3.8, 4) is 5.69 Å². The van der Waals surface area contributed by atoms with Crippen molar-refractivity contribution in [2.24, 2.45) is 0 Å². The third kappa shape index (κ3) is 4.24. The van der Waals surface area contributed by atoms with Gasteiger partial charge in [-0.15, -0.1) is 5.10 Å². The Bertz CT molecular complexity index is 880. The first kappa shape index (κ1) is 18.8. The molecule has 0 saturated carbocycles. The molecule has 0 unspecified atom stereocenters. The number of benzene rings is 1. The first-order valence-electron chi connectivity index (χ1n) is 8.37. The molecule has 8 nitrogen and oxygen atoms in total. The van der Waals surface area contributed by atoms with Crippen LogP contribution < -0.4 is 0 Å². The van der Waals surface area contributed by atoms with Crippen molar-refractivity contribution in [1.82, 2.24) is 25.1 Å². The topological polar surface area (TPSA) is 98.1 Å². The van der Waals surface area contributed by atoms with Crippen LogP contribution in [0.3, 0.4) is 0 Å². The van der Waals surface area contributed by atoms with E-state index in [2.05, 4.69) is 15.5 Å². The van der Waals surface area contributed by atoms with E-state index in [1.165, 1.54) is 11.8 Å². The highest BCUT2D eigenvalue weighted by Crippen LogP contribution is 2.22. The zero-order valence-corrected chi connectivity index (χ0v) is 16.3. The number of amides is 1. The minimum absolute atomic E-state index is 0.0539. The van der Waals surface area contributed by atoms with Crippen LogP contribution in [0.15, 0.2) is 29.4 Å². The van der Waals surface area contributed by atoms with Crippen molar-refractivity contribution < 1.29 is 13.2 Å². The van der Waals surface area contributed by atoms with Crippen molar-refractivity contribution in [3.63, 3.8) is 0 Å². The molecule has 0 radical (unpaired) electrons. The van der Waals surface area contributed by atoms with E-state index in [0.29, 0.717) is 18.1 Å². The molecule has 1 atom stereocenters. The van der Waals surface area contributed by atoms with Gasteiger partial charge in [0.05, 0.1) is 22.9 Å². The second kappa shape index (κ2) is 7.75. The Morgan fingerprint density at radius 1 is 1.35 bits per heavy atom. The Morgan fingerprint density at radius 2 is 2.08 bits per heavy atom. The molecule has 0 spiro atoms. The summed E-state index contributed by atoms with van der Waals surface area (Å²) in [6, 6.07) is 7.54. The average molecular weight is 396 g/mol. The highest BCUT2D eigenvalue weighted by atomic mass is 32.2. The highest BCUT2D eigenvalue weighted by Gasteiger charge is 2.33. The van der Waals surface area contributed by atoms with Gasteiger partial charge < -0.3 is 4.90 Å². The molecule has 140 valence electrons. The lowest BCUT2D eigenvalue weighted by Crippen LogP contribution is -2.42. The fourth-order valence-corrected chi connectivity index (χ4v) is 5.49. The predicted octanol–water partition coefficient (Wildman–Crippen LogP) is 1.10. The van der Waals surface area contributed by atoms with Crippen LogP contribution >= 0.6 is 11.8 Å².